The van der Waals surface area contributed by atoms with Crippen molar-refractivity contribution in [2.75, 3.05) is 11.9 Å². The highest BCUT2D eigenvalue weighted by Gasteiger charge is 2.36. The number of benzene rings is 2. The van der Waals surface area contributed by atoms with Crippen LogP contribution in [0.4, 0.5) is 5.69 Å². The van der Waals surface area contributed by atoms with E-state index in [4.69, 9.17) is 23.2 Å². The number of amides is 2. The maximum atomic E-state index is 12.6. The fourth-order valence-corrected chi connectivity index (χ4v) is 2.82. The van der Waals surface area contributed by atoms with Crippen molar-refractivity contribution in [3.8, 4) is 0 Å². The molecule has 0 aliphatic heterocycles. The Kier molecular flexibility index (Phi) is 6.68. The van der Waals surface area contributed by atoms with Crippen LogP contribution in [0.3, 0.4) is 0 Å². The lowest BCUT2D eigenvalue weighted by Crippen LogP contribution is -2.45. The van der Waals surface area contributed by atoms with Crippen molar-refractivity contribution in [1.82, 2.24) is 5.32 Å². The third kappa shape index (κ3) is 5.23. The van der Waals surface area contributed by atoms with E-state index < -0.39 is 5.41 Å². The van der Waals surface area contributed by atoms with Crippen LogP contribution in [0.25, 0.3) is 0 Å². The summed E-state index contributed by atoms with van der Waals surface area (Å²) in [6.07, 6.45) is 0.639. The van der Waals surface area contributed by atoms with Crippen molar-refractivity contribution >= 4 is 40.7 Å². The maximum Gasteiger partial charge on any atom is 0.239 e. The standard InChI is InChI=1S/C20H22Cl2N2O2/c1-13-11-16(22)7-8-17(13)24-19(26)20(2,3)18(25)23-10-9-14-5-4-6-15(21)12-14/h4-8,11-12H,9-10H2,1-3H3,(H,23,25)(H,24,26). The Bertz CT molecular complexity index is 819. The van der Waals surface area contributed by atoms with Gasteiger partial charge in [-0.25, -0.2) is 0 Å². The minimum absolute atomic E-state index is 0.330. The Morgan fingerprint density at radius 3 is 2.35 bits per heavy atom. The van der Waals surface area contributed by atoms with E-state index in [1.807, 2.05) is 25.1 Å². The van der Waals surface area contributed by atoms with E-state index in [0.717, 1.165) is 11.1 Å². The predicted molar refractivity (Wildman–Crippen MR) is 107 cm³/mol. The number of aryl methyl sites for hydroxylation is 1. The van der Waals surface area contributed by atoms with Gasteiger partial charge >= 0.3 is 0 Å². The van der Waals surface area contributed by atoms with E-state index in [-0.39, 0.29) is 11.8 Å². The summed E-state index contributed by atoms with van der Waals surface area (Å²) < 4.78 is 0. The molecule has 4 nitrogen and oxygen atoms in total. The van der Waals surface area contributed by atoms with Crippen molar-refractivity contribution in [3.05, 3.63) is 63.6 Å². The quantitative estimate of drug-likeness (QED) is 0.704. The van der Waals surface area contributed by atoms with Gasteiger partial charge in [0.2, 0.25) is 11.8 Å². The molecule has 0 spiro atoms. The number of nitrogens with one attached hydrogen (secondary N) is 2. The highest BCUT2D eigenvalue weighted by Crippen LogP contribution is 2.23. The maximum absolute atomic E-state index is 12.6. The van der Waals surface area contributed by atoms with Crippen molar-refractivity contribution in [1.29, 1.82) is 0 Å². The fraction of sp³-hybridized carbons (Fsp3) is 0.300. The molecule has 0 atom stereocenters. The molecule has 2 N–H and O–H groups in total. The number of halogens is 2. The molecule has 2 rings (SSSR count). The van der Waals surface area contributed by atoms with Crippen molar-refractivity contribution in [2.45, 2.75) is 27.2 Å². The minimum Gasteiger partial charge on any atom is -0.355 e. The lowest BCUT2D eigenvalue weighted by Gasteiger charge is -2.23. The van der Waals surface area contributed by atoms with Gasteiger partial charge in [-0.3, -0.25) is 9.59 Å². The normalized spacial score (nSPS) is 11.1. The van der Waals surface area contributed by atoms with Gasteiger partial charge in [0, 0.05) is 22.3 Å². The largest absolute Gasteiger partial charge is 0.355 e. The Morgan fingerprint density at radius 2 is 1.69 bits per heavy atom. The van der Waals surface area contributed by atoms with Crippen LogP contribution in [0.5, 0.6) is 0 Å². The zero-order chi connectivity index (χ0) is 19.3. The van der Waals surface area contributed by atoms with E-state index in [9.17, 15) is 9.59 Å². The Morgan fingerprint density at radius 1 is 1.00 bits per heavy atom. The summed E-state index contributed by atoms with van der Waals surface area (Å²) in [6.45, 7) is 5.47. The van der Waals surface area contributed by atoms with Gasteiger partial charge in [-0.1, -0.05) is 35.3 Å². The third-order valence-electron chi connectivity index (χ3n) is 4.16. The molecule has 6 heteroatoms. The van der Waals surface area contributed by atoms with Crippen LogP contribution >= 0.6 is 23.2 Å². The summed E-state index contributed by atoms with van der Waals surface area (Å²) in [6, 6.07) is 12.6. The Balaban J connectivity index is 1.94. The Hall–Kier alpha value is -2.04. The molecule has 0 heterocycles. The summed E-state index contributed by atoms with van der Waals surface area (Å²) in [5, 5.41) is 6.87. The second kappa shape index (κ2) is 8.56. The lowest BCUT2D eigenvalue weighted by molar-refractivity contribution is -0.138. The molecule has 0 saturated heterocycles. The molecule has 26 heavy (non-hydrogen) atoms. The number of carbonyl (C=O) groups excluding carboxylic acids is 2. The number of anilines is 1. The second-order valence-electron chi connectivity index (χ2n) is 6.67. The summed E-state index contributed by atoms with van der Waals surface area (Å²) in [4.78, 5) is 25.0. The zero-order valence-electron chi connectivity index (χ0n) is 15.0. The number of hydrogen-bond acceptors (Lipinski definition) is 2. The first-order valence-electron chi connectivity index (χ1n) is 8.30. The van der Waals surface area contributed by atoms with Gasteiger partial charge in [0.05, 0.1) is 0 Å². The van der Waals surface area contributed by atoms with Crippen molar-refractivity contribution in [3.63, 3.8) is 0 Å². The highest BCUT2D eigenvalue weighted by atomic mass is 35.5. The SMILES string of the molecule is Cc1cc(Cl)ccc1NC(=O)C(C)(C)C(=O)NCCc1cccc(Cl)c1. The van der Waals surface area contributed by atoms with E-state index >= 15 is 0 Å². The molecular weight excluding hydrogens is 371 g/mol. The molecule has 0 saturated carbocycles. The van der Waals surface area contributed by atoms with Crippen molar-refractivity contribution in [2.24, 2.45) is 5.41 Å². The van der Waals surface area contributed by atoms with Gasteiger partial charge in [0.1, 0.15) is 5.41 Å². The number of rotatable bonds is 6. The molecule has 2 amide bonds. The summed E-state index contributed by atoms with van der Waals surface area (Å²) in [5.41, 5.74) is 1.29. The summed E-state index contributed by atoms with van der Waals surface area (Å²) in [5.74, 6) is -0.702. The van der Waals surface area contributed by atoms with E-state index in [1.165, 1.54) is 0 Å². The van der Waals surface area contributed by atoms with Crippen LogP contribution in [-0.2, 0) is 16.0 Å². The van der Waals surface area contributed by atoms with Crippen LogP contribution in [0.2, 0.25) is 10.0 Å². The van der Waals surface area contributed by atoms with Crippen LogP contribution in [0.15, 0.2) is 42.5 Å². The molecule has 0 bridgehead atoms. The van der Waals surface area contributed by atoms with E-state index in [2.05, 4.69) is 10.6 Å². The number of carbonyl (C=O) groups is 2. The highest BCUT2D eigenvalue weighted by molar-refractivity contribution is 6.31. The average Bonchev–Trinajstić information content (AvgIpc) is 2.57. The van der Waals surface area contributed by atoms with Crippen molar-refractivity contribution < 1.29 is 9.59 Å². The van der Waals surface area contributed by atoms with Crippen LogP contribution in [0.1, 0.15) is 25.0 Å². The molecule has 0 radical (unpaired) electrons. The second-order valence-corrected chi connectivity index (χ2v) is 7.55. The Labute approximate surface area is 163 Å². The van der Waals surface area contributed by atoms with Crippen LogP contribution < -0.4 is 10.6 Å². The molecular formula is C20H22Cl2N2O2. The topological polar surface area (TPSA) is 58.2 Å². The molecule has 2 aromatic carbocycles. The minimum atomic E-state index is -1.21. The van der Waals surface area contributed by atoms with Gasteiger partial charge in [-0.15, -0.1) is 0 Å². The molecule has 2 aromatic rings. The first-order chi connectivity index (χ1) is 12.2. The monoisotopic (exact) mass is 392 g/mol. The fourth-order valence-electron chi connectivity index (χ4n) is 2.38. The van der Waals surface area contributed by atoms with Gasteiger partial charge in [-0.2, -0.15) is 0 Å². The van der Waals surface area contributed by atoms with Crippen LogP contribution in [-0.4, -0.2) is 18.4 Å². The lowest BCUT2D eigenvalue weighted by atomic mass is 9.90. The molecule has 0 aliphatic carbocycles. The first-order valence-corrected chi connectivity index (χ1v) is 9.06. The van der Waals surface area contributed by atoms with Gasteiger partial charge < -0.3 is 10.6 Å². The molecule has 0 fully saturated rings. The van der Waals surface area contributed by atoms with E-state index in [1.54, 1.807) is 38.1 Å². The smallest absolute Gasteiger partial charge is 0.239 e. The summed E-state index contributed by atoms with van der Waals surface area (Å²) >= 11 is 11.9. The van der Waals surface area contributed by atoms with Crippen LogP contribution in [0, 0.1) is 12.3 Å². The third-order valence-corrected chi connectivity index (χ3v) is 4.63. The van der Waals surface area contributed by atoms with Gasteiger partial charge in [0.15, 0.2) is 0 Å². The predicted octanol–water partition coefficient (Wildman–Crippen LogP) is 4.63. The molecule has 0 unspecified atom stereocenters. The molecule has 0 aromatic heterocycles. The first kappa shape index (κ1) is 20.3. The van der Waals surface area contributed by atoms with Gasteiger partial charge in [-0.05, 0) is 68.7 Å². The summed E-state index contributed by atoms with van der Waals surface area (Å²) in [7, 11) is 0. The number of hydrogen-bond donors (Lipinski definition) is 2. The zero-order valence-corrected chi connectivity index (χ0v) is 16.5. The molecule has 138 valence electrons. The van der Waals surface area contributed by atoms with E-state index in [0.29, 0.717) is 28.7 Å². The average molecular weight is 393 g/mol. The van der Waals surface area contributed by atoms with Gasteiger partial charge in [0.25, 0.3) is 0 Å². The molecule has 0 aliphatic rings.